The Hall–Kier alpha value is -0.660. The van der Waals surface area contributed by atoms with E-state index >= 15 is 0 Å². The number of amides is 1. The van der Waals surface area contributed by atoms with Gasteiger partial charge in [0.2, 0.25) is 5.91 Å². The van der Waals surface area contributed by atoms with Gasteiger partial charge in [-0.1, -0.05) is 0 Å². The maximum atomic E-state index is 11.6. The summed E-state index contributed by atoms with van der Waals surface area (Å²) >= 11 is 0. The molecule has 0 bridgehead atoms. The van der Waals surface area contributed by atoms with E-state index < -0.39 is 9.84 Å². The Bertz CT molecular complexity index is 322. The predicted molar refractivity (Wildman–Crippen MR) is 59.8 cm³/mol. The number of hydrogen-bond acceptors (Lipinski definition) is 5. The van der Waals surface area contributed by atoms with Gasteiger partial charge in [-0.3, -0.25) is 4.79 Å². The molecule has 1 amide bonds. The Morgan fingerprint density at radius 2 is 1.88 bits per heavy atom. The highest BCUT2D eigenvalue weighted by atomic mass is 32.2. The van der Waals surface area contributed by atoms with Crippen molar-refractivity contribution in [2.75, 3.05) is 44.3 Å². The lowest BCUT2D eigenvalue weighted by Gasteiger charge is -2.27. The molecule has 16 heavy (non-hydrogen) atoms. The lowest BCUT2D eigenvalue weighted by atomic mass is 10.3. The van der Waals surface area contributed by atoms with Crippen LogP contribution < -0.4 is 5.32 Å². The highest BCUT2D eigenvalue weighted by molar-refractivity contribution is 7.91. The molecule has 1 aliphatic heterocycles. The fourth-order valence-corrected chi connectivity index (χ4v) is 2.52. The lowest BCUT2D eigenvalue weighted by Crippen LogP contribution is -2.46. The molecule has 7 heteroatoms. The second-order valence-corrected chi connectivity index (χ2v) is 6.06. The van der Waals surface area contributed by atoms with Crippen LogP contribution in [0.2, 0.25) is 0 Å². The van der Waals surface area contributed by atoms with Gasteiger partial charge in [0, 0.05) is 32.6 Å². The van der Waals surface area contributed by atoms with Crippen molar-refractivity contribution in [2.45, 2.75) is 6.42 Å². The molecular formula is C9H18N2O4S. The molecule has 1 saturated heterocycles. The zero-order valence-corrected chi connectivity index (χ0v) is 10.0. The number of carbonyl (C=O) groups excluding carboxylic acids is 1. The van der Waals surface area contributed by atoms with Crippen LogP contribution in [0.3, 0.4) is 0 Å². The fourth-order valence-electron chi connectivity index (χ4n) is 1.56. The van der Waals surface area contributed by atoms with Gasteiger partial charge in [-0.25, -0.2) is 8.42 Å². The number of nitrogens with one attached hydrogen (secondary N) is 1. The van der Waals surface area contributed by atoms with Gasteiger partial charge in [0.05, 0.1) is 18.1 Å². The van der Waals surface area contributed by atoms with E-state index in [1.165, 1.54) is 0 Å². The highest BCUT2D eigenvalue weighted by Gasteiger charge is 2.19. The number of hydrogen-bond donors (Lipinski definition) is 2. The molecule has 2 N–H and O–H groups in total. The molecule has 1 heterocycles. The standard InChI is InChI=1S/C9H18N2O4S/c12-6-8-16(14,15)7-1-9(13)11-4-2-10-3-5-11/h10,12H,1-8H2. The summed E-state index contributed by atoms with van der Waals surface area (Å²) in [5.74, 6) is -0.555. The number of aliphatic hydroxyl groups excluding tert-OH is 1. The van der Waals surface area contributed by atoms with Crippen LogP contribution in [0.25, 0.3) is 0 Å². The predicted octanol–water partition coefficient (Wildman–Crippen LogP) is -1.78. The Balaban J connectivity index is 2.34. The van der Waals surface area contributed by atoms with Crippen LogP contribution in [0, 0.1) is 0 Å². The molecule has 1 aliphatic rings. The minimum atomic E-state index is -3.28. The second kappa shape index (κ2) is 6.17. The minimum absolute atomic E-state index is 0.0162. The first-order valence-electron chi connectivity index (χ1n) is 5.35. The first-order chi connectivity index (χ1) is 7.55. The zero-order chi connectivity index (χ0) is 12.0. The van der Waals surface area contributed by atoms with E-state index in [1.54, 1.807) is 4.90 Å². The molecule has 0 aromatic carbocycles. The molecule has 1 fully saturated rings. The summed E-state index contributed by atoms with van der Waals surface area (Å²) in [6.07, 6.45) is 0.0162. The summed E-state index contributed by atoms with van der Waals surface area (Å²) in [5.41, 5.74) is 0. The summed E-state index contributed by atoms with van der Waals surface area (Å²) in [7, 11) is -3.28. The van der Waals surface area contributed by atoms with Gasteiger partial charge in [-0.05, 0) is 0 Å². The topological polar surface area (TPSA) is 86.7 Å². The molecule has 0 aromatic heterocycles. The van der Waals surface area contributed by atoms with Crippen molar-refractivity contribution in [1.29, 1.82) is 0 Å². The van der Waals surface area contributed by atoms with E-state index in [2.05, 4.69) is 5.32 Å². The van der Waals surface area contributed by atoms with Gasteiger partial charge in [-0.15, -0.1) is 0 Å². The van der Waals surface area contributed by atoms with E-state index in [1.807, 2.05) is 0 Å². The van der Waals surface area contributed by atoms with E-state index in [0.29, 0.717) is 13.1 Å². The summed E-state index contributed by atoms with van der Waals surface area (Å²) < 4.78 is 22.5. The maximum absolute atomic E-state index is 11.6. The number of sulfone groups is 1. The van der Waals surface area contributed by atoms with Crippen molar-refractivity contribution < 1.29 is 18.3 Å². The van der Waals surface area contributed by atoms with Crippen molar-refractivity contribution in [2.24, 2.45) is 0 Å². The van der Waals surface area contributed by atoms with Crippen LogP contribution in [-0.4, -0.2) is 68.6 Å². The molecule has 0 aliphatic carbocycles. The summed E-state index contributed by atoms with van der Waals surface area (Å²) in [6, 6.07) is 0. The van der Waals surface area contributed by atoms with Crippen molar-refractivity contribution in [3.05, 3.63) is 0 Å². The first-order valence-corrected chi connectivity index (χ1v) is 7.17. The van der Waals surface area contributed by atoms with Gasteiger partial charge < -0.3 is 15.3 Å². The molecule has 6 nitrogen and oxygen atoms in total. The quantitative estimate of drug-likeness (QED) is 0.602. The van der Waals surface area contributed by atoms with Crippen LogP contribution in [0.15, 0.2) is 0 Å². The van der Waals surface area contributed by atoms with Crippen LogP contribution >= 0.6 is 0 Å². The third-order valence-electron chi connectivity index (χ3n) is 2.50. The van der Waals surface area contributed by atoms with Gasteiger partial charge >= 0.3 is 0 Å². The number of carbonyl (C=O) groups is 1. The maximum Gasteiger partial charge on any atom is 0.223 e. The Kier molecular flexibility index (Phi) is 5.17. The molecule has 0 atom stereocenters. The summed E-state index contributed by atoms with van der Waals surface area (Å²) in [6.45, 7) is 2.41. The monoisotopic (exact) mass is 250 g/mol. The molecule has 1 rings (SSSR count). The van der Waals surface area contributed by atoms with Crippen LogP contribution in [0.1, 0.15) is 6.42 Å². The number of aliphatic hydroxyl groups is 1. The smallest absolute Gasteiger partial charge is 0.223 e. The molecule has 0 radical (unpaired) electrons. The minimum Gasteiger partial charge on any atom is -0.395 e. The normalized spacial score (nSPS) is 17.4. The third kappa shape index (κ3) is 4.46. The third-order valence-corrected chi connectivity index (χ3v) is 4.13. The lowest BCUT2D eigenvalue weighted by molar-refractivity contribution is -0.131. The van der Waals surface area contributed by atoms with Gasteiger partial charge in [0.15, 0.2) is 9.84 Å². The van der Waals surface area contributed by atoms with Gasteiger partial charge in [0.1, 0.15) is 0 Å². The number of rotatable bonds is 5. The second-order valence-electron chi connectivity index (χ2n) is 3.76. The van der Waals surface area contributed by atoms with Crippen molar-refractivity contribution >= 4 is 15.7 Å². The Labute approximate surface area is 95.5 Å². The molecule has 0 spiro atoms. The van der Waals surface area contributed by atoms with E-state index in [-0.39, 0.29) is 30.4 Å². The number of nitrogens with zero attached hydrogens (tertiary/aromatic N) is 1. The molecule has 0 unspecified atom stereocenters. The molecular weight excluding hydrogens is 232 g/mol. The fraction of sp³-hybridized carbons (Fsp3) is 0.889. The summed E-state index contributed by atoms with van der Waals surface area (Å²) in [5, 5.41) is 11.7. The highest BCUT2D eigenvalue weighted by Crippen LogP contribution is 2.00. The molecule has 94 valence electrons. The van der Waals surface area contributed by atoms with E-state index in [9.17, 15) is 13.2 Å². The summed E-state index contributed by atoms with van der Waals surface area (Å²) in [4.78, 5) is 13.3. The first kappa shape index (κ1) is 13.4. The largest absolute Gasteiger partial charge is 0.395 e. The van der Waals surface area contributed by atoms with Crippen LogP contribution in [-0.2, 0) is 14.6 Å². The van der Waals surface area contributed by atoms with Crippen molar-refractivity contribution in [1.82, 2.24) is 10.2 Å². The van der Waals surface area contributed by atoms with Crippen LogP contribution in [0.5, 0.6) is 0 Å². The van der Waals surface area contributed by atoms with Crippen molar-refractivity contribution in [3.63, 3.8) is 0 Å². The average Bonchev–Trinajstić information content (AvgIpc) is 2.27. The van der Waals surface area contributed by atoms with E-state index in [0.717, 1.165) is 13.1 Å². The molecule has 0 saturated carbocycles. The van der Waals surface area contributed by atoms with Gasteiger partial charge in [0.25, 0.3) is 0 Å². The van der Waals surface area contributed by atoms with Gasteiger partial charge in [-0.2, -0.15) is 0 Å². The van der Waals surface area contributed by atoms with Crippen LogP contribution in [0.4, 0.5) is 0 Å². The Morgan fingerprint density at radius 1 is 1.25 bits per heavy atom. The van der Waals surface area contributed by atoms with Crippen molar-refractivity contribution in [3.8, 4) is 0 Å². The zero-order valence-electron chi connectivity index (χ0n) is 9.18. The van der Waals surface area contributed by atoms with E-state index in [4.69, 9.17) is 5.11 Å². The number of piperazine rings is 1. The average molecular weight is 250 g/mol. The molecule has 0 aromatic rings. The Morgan fingerprint density at radius 3 is 2.44 bits per heavy atom. The SMILES string of the molecule is O=C(CCS(=O)(=O)CCO)N1CCNCC1.